The number of hydrogen-bond acceptors (Lipinski definition) is 4. The van der Waals surface area contributed by atoms with Gasteiger partial charge in [0.2, 0.25) is 5.91 Å². The number of methoxy groups -OCH3 is 1. The summed E-state index contributed by atoms with van der Waals surface area (Å²) < 4.78 is 12.4. The Kier molecular flexibility index (Phi) is 9.03. The fourth-order valence-electron chi connectivity index (χ4n) is 3.29. The molecule has 3 rings (SSSR count). The van der Waals surface area contributed by atoms with Gasteiger partial charge in [-0.1, -0.05) is 43.6 Å². The third kappa shape index (κ3) is 7.69. The van der Waals surface area contributed by atoms with Crippen molar-refractivity contribution in [3.63, 3.8) is 0 Å². The first-order chi connectivity index (χ1) is 15.8. The van der Waals surface area contributed by atoms with Gasteiger partial charge in [-0.3, -0.25) is 4.79 Å². The molecule has 0 saturated heterocycles. The van der Waals surface area contributed by atoms with E-state index in [9.17, 15) is 4.79 Å². The van der Waals surface area contributed by atoms with Crippen LogP contribution in [0.15, 0.2) is 65.1 Å². The van der Waals surface area contributed by atoms with Gasteiger partial charge in [0.25, 0.3) is 0 Å². The number of amides is 1. The zero-order chi connectivity index (χ0) is 23.8. The maximum Gasteiger partial charge on any atom is 0.224 e. The minimum atomic E-state index is 0.0178. The molecule has 0 fully saturated rings. The summed E-state index contributed by atoms with van der Waals surface area (Å²) in [5.41, 5.74) is 3.67. The molecule has 3 aromatic carbocycles. The van der Waals surface area contributed by atoms with Crippen LogP contribution < -0.4 is 20.1 Å². The zero-order valence-electron chi connectivity index (χ0n) is 19.0. The van der Waals surface area contributed by atoms with Crippen molar-refractivity contribution in [2.45, 2.75) is 33.4 Å². The highest BCUT2D eigenvalue weighted by molar-refractivity contribution is 9.10. The molecule has 0 bridgehead atoms. The van der Waals surface area contributed by atoms with Gasteiger partial charge in [-0.05, 0) is 75.4 Å². The van der Waals surface area contributed by atoms with Gasteiger partial charge < -0.3 is 20.1 Å². The first-order valence-corrected chi connectivity index (χ1v) is 11.9. The SMILES string of the molecule is COc1cc(CNc2cccc(NC(=O)CC(C)C)c2)cc(Br)c1OCc1cccc(Cl)c1. The molecule has 0 heterocycles. The van der Waals surface area contributed by atoms with E-state index in [2.05, 4.69) is 26.6 Å². The number of hydrogen-bond donors (Lipinski definition) is 2. The average Bonchev–Trinajstić information content (AvgIpc) is 2.76. The molecule has 0 atom stereocenters. The van der Waals surface area contributed by atoms with Gasteiger partial charge in [-0.15, -0.1) is 0 Å². The summed E-state index contributed by atoms with van der Waals surface area (Å²) in [6.07, 6.45) is 0.497. The van der Waals surface area contributed by atoms with Gasteiger partial charge in [0.15, 0.2) is 11.5 Å². The third-order valence-electron chi connectivity index (χ3n) is 4.80. The fourth-order valence-corrected chi connectivity index (χ4v) is 4.11. The van der Waals surface area contributed by atoms with Gasteiger partial charge in [0.05, 0.1) is 11.6 Å². The van der Waals surface area contributed by atoms with Crippen LogP contribution in [0.1, 0.15) is 31.4 Å². The number of halogens is 2. The molecule has 0 aliphatic carbocycles. The van der Waals surface area contributed by atoms with E-state index in [1.54, 1.807) is 7.11 Å². The number of carbonyl (C=O) groups excluding carboxylic acids is 1. The summed E-state index contributed by atoms with van der Waals surface area (Å²) >= 11 is 9.66. The van der Waals surface area contributed by atoms with Crippen LogP contribution in [0.4, 0.5) is 11.4 Å². The number of carbonyl (C=O) groups is 1. The van der Waals surface area contributed by atoms with Crippen molar-refractivity contribution in [3.05, 3.63) is 81.3 Å². The topological polar surface area (TPSA) is 59.6 Å². The Labute approximate surface area is 208 Å². The average molecular weight is 532 g/mol. The summed E-state index contributed by atoms with van der Waals surface area (Å²) in [6.45, 7) is 5.00. The predicted molar refractivity (Wildman–Crippen MR) is 138 cm³/mol. The van der Waals surface area contributed by atoms with Crippen LogP contribution >= 0.6 is 27.5 Å². The molecule has 2 N–H and O–H groups in total. The molecule has 3 aromatic rings. The quantitative estimate of drug-likeness (QED) is 0.288. The standard InChI is InChI=1S/C26H28BrClN2O3/c1-17(2)10-25(31)30-22-9-5-8-21(14-22)29-15-19-12-23(27)26(24(13-19)32-3)33-16-18-6-4-7-20(28)11-18/h4-9,11-14,17,29H,10,15-16H2,1-3H3,(H,30,31). The van der Waals surface area contributed by atoms with Gasteiger partial charge in [0, 0.05) is 29.4 Å². The molecule has 0 aliphatic rings. The lowest BCUT2D eigenvalue weighted by molar-refractivity contribution is -0.116. The minimum absolute atomic E-state index is 0.0178. The predicted octanol–water partition coefficient (Wildman–Crippen LogP) is 7.29. The van der Waals surface area contributed by atoms with Crippen LogP contribution in [0.3, 0.4) is 0 Å². The maximum atomic E-state index is 12.0. The minimum Gasteiger partial charge on any atom is -0.493 e. The van der Waals surface area contributed by atoms with E-state index < -0.39 is 0 Å². The van der Waals surface area contributed by atoms with Crippen molar-refractivity contribution in [3.8, 4) is 11.5 Å². The smallest absolute Gasteiger partial charge is 0.224 e. The summed E-state index contributed by atoms with van der Waals surface area (Å²) in [5.74, 6) is 1.61. The molecular weight excluding hydrogens is 504 g/mol. The molecule has 0 radical (unpaired) electrons. The lowest BCUT2D eigenvalue weighted by atomic mass is 10.1. The number of nitrogens with one attached hydrogen (secondary N) is 2. The first-order valence-electron chi connectivity index (χ1n) is 10.7. The van der Waals surface area contributed by atoms with Crippen LogP contribution in [-0.4, -0.2) is 13.0 Å². The van der Waals surface area contributed by atoms with E-state index in [1.807, 2.05) is 74.5 Å². The van der Waals surface area contributed by atoms with Crippen molar-refractivity contribution < 1.29 is 14.3 Å². The molecule has 0 unspecified atom stereocenters. The van der Waals surface area contributed by atoms with Crippen LogP contribution in [0.25, 0.3) is 0 Å². The Balaban J connectivity index is 1.65. The molecule has 0 saturated carbocycles. The van der Waals surface area contributed by atoms with E-state index in [0.717, 1.165) is 27.0 Å². The Morgan fingerprint density at radius 2 is 1.79 bits per heavy atom. The van der Waals surface area contributed by atoms with Gasteiger partial charge in [-0.25, -0.2) is 0 Å². The second kappa shape index (κ2) is 12.0. The maximum absolute atomic E-state index is 12.0. The van der Waals surface area contributed by atoms with Gasteiger partial charge >= 0.3 is 0 Å². The number of benzene rings is 3. The lowest BCUT2D eigenvalue weighted by Crippen LogP contribution is -2.13. The largest absolute Gasteiger partial charge is 0.493 e. The second-order valence-electron chi connectivity index (χ2n) is 8.11. The van der Waals surface area contributed by atoms with Crippen LogP contribution in [0, 0.1) is 5.92 Å². The highest BCUT2D eigenvalue weighted by Gasteiger charge is 2.13. The molecule has 0 spiro atoms. The van der Waals surface area contributed by atoms with Gasteiger partial charge in [-0.2, -0.15) is 0 Å². The molecule has 174 valence electrons. The van der Waals surface area contributed by atoms with E-state index in [4.69, 9.17) is 21.1 Å². The Morgan fingerprint density at radius 1 is 1.03 bits per heavy atom. The highest BCUT2D eigenvalue weighted by Crippen LogP contribution is 2.37. The molecule has 1 amide bonds. The number of anilines is 2. The monoisotopic (exact) mass is 530 g/mol. The van der Waals surface area contributed by atoms with Crippen molar-refractivity contribution >= 4 is 44.8 Å². The molecule has 0 aromatic heterocycles. The Bertz CT molecular complexity index is 1100. The Hall–Kier alpha value is -2.70. The lowest BCUT2D eigenvalue weighted by Gasteiger charge is -2.15. The summed E-state index contributed by atoms with van der Waals surface area (Å²) in [6, 6.07) is 19.2. The normalized spacial score (nSPS) is 10.7. The zero-order valence-corrected chi connectivity index (χ0v) is 21.3. The summed E-state index contributed by atoms with van der Waals surface area (Å²) in [7, 11) is 1.62. The van der Waals surface area contributed by atoms with Crippen molar-refractivity contribution in [2.75, 3.05) is 17.7 Å². The van der Waals surface area contributed by atoms with E-state index in [1.165, 1.54) is 0 Å². The first kappa shape index (κ1) is 24.9. The van der Waals surface area contributed by atoms with Gasteiger partial charge in [0.1, 0.15) is 6.61 Å². The number of rotatable bonds is 10. The van der Waals surface area contributed by atoms with Crippen molar-refractivity contribution in [1.29, 1.82) is 0 Å². The molecule has 7 heteroatoms. The number of ether oxygens (including phenoxy) is 2. The molecule has 33 heavy (non-hydrogen) atoms. The van der Waals surface area contributed by atoms with Crippen LogP contribution in [0.5, 0.6) is 11.5 Å². The van der Waals surface area contributed by atoms with Crippen molar-refractivity contribution in [1.82, 2.24) is 0 Å². The summed E-state index contributed by atoms with van der Waals surface area (Å²) in [4.78, 5) is 12.0. The van der Waals surface area contributed by atoms with E-state index in [0.29, 0.717) is 42.0 Å². The van der Waals surface area contributed by atoms with E-state index in [-0.39, 0.29) is 5.91 Å². The third-order valence-corrected chi connectivity index (χ3v) is 5.62. The van der Waals surface area contributed by atoms with E-state index >= 15 is 0 Å². The highest BCUT2D eigenvalue weighted by atomic mass is 79.9. The van der Waals surface area contributed by atoms with Crippen LogP contribution in [-0.2, 0) is 17.9 Å². The second-order valence-corrected chi connectivity index (χ2v) is 9.40. The molecular formula is C26H28BrClN2O3. The molecule has 0 aliphatic heterocycles. The Morgan fingerprint density at radius 3 is 2.52 bits per heavy atom. The van der Waals surface area contributed by atoms with Crippen LogP contribution in [0.2, 0.25) is 5.02 Å². The van der Waals surface area contributed by atoms with Crippen molar-refractivity contribution in [2.24, 2.45) is 5.92 Å². The molecule has 5 nitrogen and oxygen atoms in total. The summed E-state index contributed by atoms with van der Waals surface area (Å²) in [5, 5.41) is 7.01. The fraction of sp³-hybridized carbons (Fsp3) is 0.269.